The molecule has 1 N–H and O–H groups in total. The van der Waals surface area contributed by atoms with Crippen molar-refractivity contribution < 1.29 is 4.79 Å². The molecule has 0 bridgehead atoms. The van der Waals surface area contributed by atoms with E-state index in [2.05, 4.69) is 31.1 Å². The number of pyridine rings is 1. The molecule has 0 unspecified atom stereocenters. The van der Waals surface area contributed by atoms with Crippen molar-refractivity contribution in [3.63, 3.8) is 0 Å². The van der Waals surface area contributed by atoms with E-state index in [4.69, 9.17) is 0 Å². The average molecular weight is 206 g/mol. The first kappa shape index (κ1) is 11.7. The summed E-state index contributed by atoms with van der Waals surface area (Å²) in [5.74, 6) is -0.134. The second-order valence-corrected chi connectivity index (χ2v) is 4.83. The third-order valence-corrected chi connectivity index (χ3v) is 1.98. The molecule has 15 heavy (non-hydrogen) atoms. The van der Waals surface area contributed by atoms with Gasteiger partial charge in [0.25, 0.3) is 5.91 Å². The van der Waals surface area contributed by atoms with Gasteiger partial charge in [0.1, 0.15) is 5.69 Å². The zero-order chi connectivity index (χ0) is 11.5. The molecule has 0 spiro atoms. The zero-order valence-corrected chi connectivity index (χ0v) is 9.79. The molecule has 0 aromatic carbocycles. The lowest BCUT2D eigenvalue weighted by atomic mass is 9.90. The van der Waals surface area contributed by atoms with Crippen LogP contribution in [0, 0.1) is 5.41 Å². The Bertz CT molecular complexity index is 353. The van der Waals surface area contributed by atoms with Gasteiger partial charge >= 0.3 is 0 Å². The van der Waals surface area contributed by atoms with E-state index in [1.165, 1.54) is 0 Å². The van der Waals surface area contributed by atoms with E-state index in [0.717, 1.165) is 12.1 Å². The van der Waals surface area contributed by atoms with Gasteiger partial charge in [-0.3, -0.25) is 4.79 Å². The molecule has 3 heteroatoms. The molecule has 0 saturated carbocycles. The van der Waals surface area contributed by atoms with Gasteiger partial charge < -0.3 is 5.32 Å². The first-order valence-electron chi connectivity index (χ1n) is 5.10. The predicted octanol–water partition coefficient (Wildman–Crippen LogP) is 2.03. The lowest BCUT2D eigenvalue weighted by Gasteiger charge is -2.17. The van der Waals surface area contributed by atoms with Gasteiger partial charge in [-0.25, -0.2) is 4.98 Å². The Labute approximate surface area is 90.9 Å². The Morgan fingerprint density at radius 3 is 2.60 bits per heavy atom. The number of amides is 1. The Morgan fingerprint density at radius 2 is 2.07 bits per heavy atom. The monoisotopic (exact) mass is 206 g/mol. The molecule has 0 aliphatic carbocycles. The van der Waals surface area contributed by atoms with Gasteiger partial charge in [-0.15, -0.1) is 0 Å². The van der Waals surface area contributed by atoms with Gasteiger partial charge in [-0.2, -0.15) is 0 Å². The molecule has 0 radical (unpaired) electrons. The number of nitrogens with zero attached hydrogens (tertiary/aromatic N) is 1. The number of rotatable bonds is 2. The van der Waals surface area contributed by atoms with Crippen LogP contribution in [0.4, 0.5) is 0 Å². The molecule has 1 aromatic heterocycles. The molecule has 1 heterocycles. The predicted molar refractivity (Wildman–Crippen MR) is 60.8 cm³/mol. The lowest BCUT2D eigenvalue weighted by molar-refractivity contribution is 0.0957. The third-order valence-electron chi connectivity index (χ3n) is 1.98. The standard InChI is InChI=1S/C12H18N2O/c1-12(2,3)8-9-6-5-7-10(14-9)11(15)13-4/h5-7H,8H2,1-4H3,(H,13,15). The van der Waals surface area contributed by atoms with Crippen LogP contribution in [0.25, 0.3) is 0 Å². The van der Waals surface area contributed by atoms with Crippen LogP contribution in [-0.4, -0.2) is 17.9 Å². The summed E-state index contributed by atoms with van der Waals surface area (Å²) in [6.45, 7) is 6.46. The van der Waals surface area contributed by atoms with Gasteiger partial charge in [0.15, 0.2) is 0 Å². The number of hydrogen-bond acceptors (Lipinski definition) is 2. The molecular weight excluding hydrogens is 188 g/mol. The molecule has 0 fully saturated rings. The van der Waals surface area contributed by atoms with Crippen LogP contribution >= 0.6 is 0 Å². The van der Waals surface area contributed by atoms with Gasteiger partial charge in [-0.05, 0) is 24.0 Å². The summed E-state index contributed by atoms with van der Waals surface area (Å²) < 4.78 is 0. The summed E-state index contributed by atoms with van der Waals surface area (Å²) in [5.41, 5.74) is 1.64. The smallest absolute Gasteiger partial charge is 0.269 e. The van der Waals surface area contributed by atoms with Crippen LogP contribution < -0.4 is 5.32 Å². The maximum atomic E-state index is 11.4. The number of nitrogens with one attached hydrogen (secondary N) is 1. The van der Waals surface area contributed by atoms with Crippen molar-refractivity contribution in [1.82, 2.24) is 10.3 Å². The van der Waals surface area contributed by atoms with Gasteiger partial charge in [0.05, 0.1) is 0 Å². The highest BCUT2D eigenvalue weighted by molar-refractivity contribution is 5.91. The molecule has 82 valence electrons. The fourth-order valence-corrected chi connectivity index (χ4v) is 1.38. The summed E-state index contributed by atoms with van der Waals surface area (Å²) in [6.07, 6.45) is 0.873. The van der Waals surface area contributed by atoms with Crippen molar-refractivity contribution in [3.05, 3.63) is 29.6 Å². The van der Waals surface area contributed by atoms with E-state index >= 15 is 0 Å². The minimum Gasteiger partial charge on any atom is -0.354 e. The van der Waals surface area contributed by atoms with E-state index < -0.39 is 0 Å². The highest BCUT2D eigenvalue weighted by Gasteiger charge is 2.13. The molecule has 0 atom stereocenters. The molecule has 1 amide bonds. The normalized spacial score (nSPS) is 11.2. The maximum Gasteiger partial charge on any atom is 0.269 e. The highest BCUT2D eigenvalue weighted by Crippen LogP contribution is 2.19. The van der Waals surface area contributed by atoms with E-state index in [9.17, 15) is 4.79 Å². The van der Waals surface area contributed by atoms with Gasteiger partial charge in [0.2, 0.25) is 0 Å². The van der Waals surface area contributed by atoms with Crippen LogP contribution in [-0.2, 0) is 6.42 Å². The van der Waals surface area contributed by atoms with Crippen LogP contribution in [0.15, 0.2) is 18.2 Å². The van der Waals surface area contributed by atoms with Crippen molar-refractivity contribution in [2.75, 3.05) is 7.05 Å². The third kappa shape index (κ3) is 3.70. The second kappa shape index (κ2) is 4.43. The van der Waals surface area contributed by atoms with Crippen LogP contribution in [0.1, 0.15) is 37.0 Å². The first-order valence-corrected chi connectivity index (χ1v) is 5.10. The molecule has 1 aromatic rings. The molecule has 0 aliphatic heterocycles. The summed E-state index contributed by atoms with van der Waals surface area (Å²) in [6, 6.07) is 5.56. The van der Waals surface area contributed by atoms with E-state index in [-0.39, 0.29) is 11.3 Å². The number of carbonyl (C=O) groups is 1. The van der Waals surface area contributed by atoms with Crippen molar-refractivity contribution in [2.24, 2.45) is 5.41 Å². The van der Waals surface area contributed by atoms with Gasteiger partial charge in [-0.1, -0.05) is 26.8 Å². The number of carbonyl (C=O) groups excluding carboxylic acids is 1. The summed E-state index contributed by atoms with van der Waals surface area (Å²) in [4.78, 5) is 15.7. The molecular formula is C12H18N2O. The fraction of sp³-hybridized carbons (Fsp3) is 0.500. The van der Waals surface area contributed by atoms with Crippen LogP contribution in [0.3, 0.4) is 0 Å². The van der Waals surface area contributed by atoms with Crippen molar-refractivity contribution >= 4 is 5.91 Å². The minimum absolute atomic E-state index is 0.134. The average Bonchev–Trinajstić information content (AvgIpc) is 2.14. The van der Waals surface area contributed by atoms with E-state index in [0.29, 0.717) is 5.69 Å². The summed E-state index contributed by atoms with van der Waals surface area (Å²) >= 11 is 0. The van der Waals surface area contributed by atoms with E-state index in [1.54, 1.807) is 13.1 Å². The topological polar surface area (TPSA) is 42.0 Å². The quantitative estimate of drug-likeness (QED) is 0.804. The highest BCUT2D eigenvalue weighted by atomic mass is 16.1. The fourth-order valence-electron chi connectivity index (χ4n) is 1.38. The Kier molecular flexibility index (Phi) is 3.45. The Morgan fingerprint density at radius 1 is 1.40 bits per heavy atom. The minimum atomic E-state index is -0.134. The first-order chi connectivity index (χ1) is 6.92. The lowest BCUT2D eigenvalue weighted by Crippen LogP contribution is -2.20. The zero-order valence-electron chi connectivity index (χ0n) is 9.79. The maximum absolute atomic E-state index is 11.4. The summed E-state index contributed by atoms with van der Waals surface area (Å²) in [7, 11) is 1.61. The van der Waals surface area contributed by atoms with Crippen molar-refractivity contribution in [1.29, 1.82) is 0 Å². The van der Waals surface area contributed by atoms with Crippen LogP contribution in [0.5, 0.6) is 0 Å². The van der Waals surface area contributed by atoms with Crippen molar-refractivity contribution in [3.8, 4) is 0 Å². The van der Waals surface area contributed by atoms with E-state index in [1.807, 2.05) is 12.1 Å². The Balaban J connectivity index is 2.88. The largest absolute Gasteiger partial charge is 0.354 e. The number of hydrogen-bond donors (Lipinski definition) is 1. The number of aromatic nitrogens is 1. The Hall–Kier alpha value is -1.38. The SMILES string of the molecule is CNC(=O)c1cccc(CC(C)(C)C)n1. The molecule has 3 nitrogen and oxygen atoms in total. The van der Waals surface area contributed by atoms with Crippen LogP contribution in [0.2, 0.25) is 0 Å². The summed E-state index contributed by atoms with van der Waals surface area (Å²) in [5, 5.41) is 2.57. The molecule has 1 rings (SSSR count). The molecule has 0 aliphatic rings. The molecule has 0 saturated heterocycles. The van der Waals surface area contributed by atoms with Gasteiger partial charge in [0, 0.05) is 12.7 Å². The second-order valence-electron chi connectivity index (χ2n) is 4.83. The van der Waals surface area contributed by atoms with Crippen molar-refractivity contribution in [2.45, 2.75) is 27.2 Å².